The molecule has 1 nitrogen and oxygen atoms in total. The molecule has 0 aromatic heterocycles. The summed E-state index contributed by atoms with van der Waals surface area (Å²) >= 11 is 0. The SMILES string of the molecule is CCC1C(c2ccc3cc(-c4ccccc4)ccc3c2)=C(C)C(c2ccccc2)N1c1ccc2c(c1)C(C)c1ccccc1C21c2ccccc2C2C=CC=CC21. The van der Waals surface area contributed by atoms with Gasteiger partial charge in [0.05, 0.1) is 17.5 Å². The van der Waals surface area contributed by atoms with E-state index in [1.807, 2.05) is 0 Å². The van der Waals surface area contributed by atoms with Crippen molar-refractivity contribution < 1.29 is 0 Å². The van der Waals surface area contributed by atoms with Crippen molar-refractivity contribution in [2.24, 2.45) is 5.92 Å². The number of benzene rings is 7. The molecule has 0 radical (unpaired) electrons. The molecule has 6 atom stereocenters. The van der Waals surface area contributed by atoms with Crippen molar-refractivity contribution in [2.75, 3.05) is 4.90 Å². The predicted octanol–water partition coefficient (Wildman–Crippen LogP) is 14.0. The summed E-state index contributed by atoms with van der Waals surface area (Å²) < 4.78 is 0. The van der Waals surface area contributed by atoms with E-state index in [-0.39, 0.29) is 23.4 Å². The van der Waals surface area contributed by atoms with E-state index in [1.54, 1.807) is 0 Å². The molecule has 1 heteroatoms. The third-order valence-electron chi connectivity index (χ3n) is 14.0. The predicted molar refractivity (Wildman–Crippen MR) is 239 cm³/mol. The molecule has 1 aliphatic heterocycles. The van der Waals surface area contributed by atoms with Gasteiger partial charge in [-0.25, -0.2) is 0 Å². The molecule has 57 heavy (non-hydrogen) atoms. The maximum atomic E-state index is 2.76. The van der Waals surface area contributed by atoms with E-state index < -0.39 is 0 Å². The van der Waals surface area contributed by atoms with Gasteiger partial charge in [-0.05, 0) is 115 Å². The van der Waals surface area contributed by atoms with Crippen molar-refractivity contribution in [2.45, 2.75) is 56.5 Å². The van der Waals surface area contributed by atoms with E-state index in [0.29, 0.717) is 11.8 Å². The largest absolute Gasteiger partial charge is 0.354 e. The fraction of sp³-hybridized carbons (Fsp3) is 0.179. The molecular formula is C56H47N. The van der Waals surface area contributed by atoms with Gasteiger partial charge in [-0.1, -0.05) is 178 Å². The van der Waals surface area contributed by atoms with E-state index in [2.05, 4.69) is 214 Å². The van der Waals surface area contributed by atoms with Crippen molar-refractivity contribution in [3.63, 3.8) is 0 Å². The lowest BCUT2D eigenvalue weighted by Gasteiger charge is -2.46. The first kappa shape index (κ1) is 34.1. The number of allylic oxidation sites excluding steroid dienone is 4. The summed E-state index contributed by atoms with van der Waals surface area (Å²) in [6.07, 6.45) is 10.5. The Hall–Kier alpha value is -6.18. The monoisotopic (exact) mass is 733 g/mol. The fourth-order valence-corrected chi connectivity index (χ4v) is 11.6. The summed E-state index contributed by atoms with van der Waals surface area (Å²) in [6, 6.07) is 62.6. The summed E-state index contributed by atoms with van der Waals surface area (Å²) in [4.78, 5) is 2.76. The van der Waals surface area contributed by atoms with E-state index >= 15 is 0 Å². The zero-order valence-corrected chi connectivity index (χ0v) is 32.9. The molecule has 1 spiro atoms. The highest BCUT2D eigenvalue weighted by Crippen LogP contribution is 2.64. The Morgan fingerprint density at radius 3 is 1.91 bits per heavy atom. The molecule has 0 fully saturated rings. The van der Waals surface area contributed by atoms with Gasteiger partial charge in [0.2, 0.25) is 0 Å². The van der Waals surface area contributed by atoms with Gasteiger partial charge in [0.15, 0.2) is 0 Å². The Morgan fingerprint density at radius 2 is 1.16 bits per heavy atom. The van der Waals surface area contributed by atoms with Gasteiger partial charge < -0.3 is 4.90 Å². The highest BCUT2D eigenvalue weighted by atomic mass is 15.2. The van der Waals surface area contributed by atoms with Crippen LogP contribution in [0.2, 0.25) is 0 Å². The molecule has 7 aromatic rings. The molecule has 6 unspecified atom stereocenters. The van der Waals surface area contributed by atoms with Gasteiger partial charge in [0.25, 0.3) is 0 Å². The molecule has 0 amide bonds. The lowest BCUT2D eigenvalue weighted by atomic mass is 9.56. The van der Waals surface area contributed by atoms with Crippen molar-refractivity contribution in [3.05, 3.63) is 238 Å². The second kappa shape index (κ2) is 13.2. The standard InChI is InChI=1S/C56H47N/c1-4-53-54(43-30-29-41-33-40(27-28-42(41)34-43)38-17-7-5-8-18-38)37(3)55(39-19-9-6-10-20-39)57(53)44-31-32-52-48(35-44)36(2)45-21-11-14-24-49(45)56(52)50-25-15-12-22-46(50)47-23-13-16-26-51(47)56/h5-36,46,50,53,55H,4H2,1-3H3. The molecule has 0 saturated heterocycles. The van der Waals surface area contributed by atoms with Gasteiger partial charge in [0.1, 0.15) is 0 Å². The Morgan fingerprint density at radius 1 is 0.544 bits per heavy atom. The number of nitrogens with zero attached hydrogens (tertiary/aromatic N) is 1. The van der Waals surface area contributed by atoms with Crippen LogP contribution in [-0.2, 0) is 5.41 Å². The van der Waals surface area contributed by atoms with Crippen LogP contribution in [0.5, 0.6) is 0 Å². The quantitative estimate of drug-likeness (QED) is 0.170. The van der Waals surface area contributed by atoms with Gasteiger partial charge in [-0.2, -0.15) is 0 Å². The van der Waals surface area contributed by atoms with Crippen molar-refractivity contribution in [3.8, 4) is 11.1 Å². The Balaban J connectivity index is 1.07. The minimum atomic E-state index is -0.252. The highest BCUT2D eigenvalue weighted by molar-refractivity contribution is 5.92. The third kappa shape index (κ3) is 4.94. The molecule has 3 aliphatic carbocycles. The summed E-state index contributed by atoms with van der Waals surface area (Å²) in [6.45, 7) is 7.20. The summed E-state index contributed by atoms with van der Waals surface area (Å²) in [5, 5.41) is 2.56. The lowest BCUT2D eigenvalue weighted by Crippen LogP contribution is -2.40. The number of hydrogen-bond donors (Lipinski definition) is 0. The molecular weight excluding hydrogens is 687 g/mol. The Bertz CT molecular complexity index is 2790. The maximum absolute atomic E-state index is 2.76. The number of fused-ring (bicyclic) bond motifs is 10. The van der Waals surface area contributed by atoms with E-state index in [1.165, 1.54) is 83.2 Å². The molecule has 4 aliphatic rings. The minimum Gasteiger partial charge on any atom is -0.354 e. The smallest absolute Gasteiger partial charge is 0.0766 e. The molecule has 1 heterocycles. The minimum absolute atomic E-state index is 0.128. The van der Waals surface area contributed by atoms with Crippen molar-refractivity contribution in [1.82, 2.24) is 0 Å². The number of rotatable bonds is 5. The summed E-state index contributed by atoms with van der Waals surface area (Å²) in [5.41, 5.74) is 17.9. The molecule has 0 bridgehead atoms. The van der Waals surface area contributed by atoms with Crippen LogP contribution in [-0.4, -0.2) is 6.04 Å². The zero-order chi connectivity index (χ0) is 38.3. The first-order chi connectivity index (χ1) is 28.1. The van der Waals surface area contributed by atoms with Gasteiger partial charge >= 0.3 is 0 Å². The van der Waals surface area contributed by atoms with Crippen LogP contribution >= 0.6 is 0 Å². The molecule has 276 valence electrons. The normalized spacial score (nSPS) is 24.1. The van der Waals surface area contributed by atoms with Crippen LogP contribution in [0.3, 0.4) is 0 Å². The van der Waals surface area contributed by atoms with Crippen LogP contribution in [0, 0.1) is 5.92 Å². The van der Waals surface area contributed by atoms with Gasteiger partial charge in [-0.3, -0.25) is 0 Å². The first-order valence-corrected chi connectivity index (χ1v) is 20.9. The molecule has 0 saturated carbocycles. The third-order valence-corrected chi connectivity index (χ3v) is 14.0. The number of hydrogen-bond acceptors (Lipinski definition) is 1. The Labute approximate surface area is 337 Å². The van der Waals surface area contributed by atoms with Crippen LogP contribution < -0.4 is 4.90 Å². The van der Waals surface area contributed by atoms with Crippen molar-refractivity contribution in [1.29, 1.82) is 0 Å². The van der Waals surface area contributed by atoms with Crippen LogP contribution in [0.1, 0.15) is 89.6 Å². The summed E-state index contributed by atoms with van der Waals surface area (Å²) in [7, 11) is 0. The van der Waals surface area contributed by atoms with Crippen LogP contribution in [0.4, 0.5) is 5.69 Å². The van der Waals surface area contributed by atoms with E-state index in [4.69, 9.17) is 0 Å². The average molecular weight is 734 g/mol. The second-order valence-corrected chi connectivity index (χ2v) is 16.7. The van der Waals surface area contributed by atoms with Gasteiger partial charge in [0, 0.05) is 23.4 Å². The Kier molecular flexibility index (Phi) is 7.90. The molecule has 0 N–H and O–H groups in total. The van der Waals surface area contributed by atoms with Crippen LogP contribution in [0.25, 0.3) is 27.5 Å². The fourth-order valence-electron chi connectivity index (χ4n) is 11.6. The zero-order valence-electron chi connectivity index (χ0n) is 32.9. The topological polar surface area (TPSA) is 3.24 Å². The number of anilines is 1. The van der Waals surface area contributed by atoms with Gasteiger partial charge in [-0.15, -0.1) is 0 Å². The summed E-state index contributed by atoms with van der Waals surface area (Å²) in [5.74, 6) is 0.938. The molecule has 7 aromatic carbocycles. The second-order valence-electron chi connectivity index (χ2n) is 16.7. The maximum Gasteiger partial charge on any atom is 0.0766 e. The highest BCUT2D eigenvalue weighted by Gasteiger charge is 2.56. The lowest BCUT2D eigenvalue weighted by molar-refractivity contribution is 0.439. The first-order valence-electron chi connectivity index (χ1n) is 20.9. The van der Waals surface area contributed by atoms with Crippen LogP contribution in [0.15, 0.2) is 194 Å². The van der Waals surface area contributed by atoms with E-state index in [0.717, 1.165) is 6.42 Å². The molecule has 11 rings (SSSR count). The average Bonchev–Trinajstić information content (AvgIpc) is 3.75. The van der Waals surface area contributed by atoms with Crippen molar-refractivity contribution >= 4 is 22.0 Å². The van der Waals surface area contributed by atoms with E-state index in [9.17, 15) is 0 Å².